The van der Waals surface area contributed by atoms with Gasteiger partial charge in [-0.1, -0.05) is 26.0 Å². The van der Waals surface area contributed by atoms with Crippen LogP contribution >= 0.6 is 0 Å². The molecule has 0 saturated carbocycles. The molecule has 0 saturated heterocycles. The van der Waals surface area contributed by atoms with Crippen LogP contribution in [-0.2, 0) is 50.9 Å². The summed E-state index contributed by atoms with van der Waals surface area (Å²) in [6, 6.07) is 11.4. The first-order valence-corrected chi connectivity index (χ1v) is 20.0. The molecule has 2 atom stereocenters. The van der Waals surface area contributed by atoms with Gasteiger partial charge in [-0.25, -0.2) is 22.8 Å². The summed E-state index contributed by atoms with van der Waals surface area (Å²) in [4.78, 5) is 55.7. The average Bonchev–Trinajstić information content (AvgIpc) is 3.31. The third kappa shape index (κ3) is 20.8. The summed E-state index contributed by atoms with van der Waals surface area (Å²) in [6.07, 6.45) is 4.40. The van der Waals surface area contributed by atoms with Crippen LogP contribution < -0.4 is 15.8 Å². The van der Waals surface area contributed by atoms with Gasteiger partial charge in [-0.2, -0.15) is 8.78 Å². The van der Waals surface area contributed by atoms with Gasteiger partial charge in [-0.15, -0.1) is 0 Å². The number of hydrogen-bond donors (Lipinski definition) is 4. The number of nitrogens with two attached hydrogens (primary N) is 1. The van der Waals surface area contributed by atoms with E-state index in [1.54, 1.807) is 12.4 Å². The highest BCUT2D eigenvalue weighted by molar-refractivity contribution is 5.82. The maximum absolute atomic E-state index is 13.6. The smallest absolute Gasteiger partial charge is 0.433 e. The van der Waals surface area contributed by atoms with Crippen LogP contribution in [0.2, 0.25) is 0 Å². The Morgan fingerprint density at radius 3 is 1.52 bits per heavy atom. The van der Waals surface area contributed by atoms with Gasteiger partial charge in [0.05, 0.1) is 26.4 Å². The fraction of sp³-hybridized carbons (Fsp3) is 0.524. The molecule has 0 fully saturated rings. The lowest BCUT2D eigenvalue weighted by atomic mass is 9.92. The molecular weight excluding hydrogens is 863 g/mol. The maximum atomic E-state index is 13.6. The predicted molar refractivity (Wildman–Crippen MR) is 217 cm³/mol. The van der Waals surface area contributed by atoms with Gasteiger partial charge in [-0.05, 0) is 57.5 Å². The average molecular weight is 921 g/mol. The number of hydrogen-bond acceptors (Lipinski definition) is 16. The van der Waals surface area contributed by atoms with E-state index in [4.69, 9.17) is 24.7 Å². The van der Waals surface area contributed by atoms with Gasteiger partial charge >= 0.3 is 18.3 Å². The number of pyridine rings is 2. The molecule has 1 amide bonds. The molecule has 0 bridgehead atoms. The Morgan fingerprint density at radius 2 is 1.09 bits per heavy atom. The first kappa shape index (κ1) is 56.5. The van der Waals surface area contributed by atoms with E-state index in [2.05, 4.69) is 29.5 Å². The molecule has 2 aromatic heterocycles. The molecule has 358 valence electrons. The van der Waals surface area contributed by atoms with Crippen LogP contribution in [-0.4, -0.2) is 124 Å². The number of halogens is 5. The van der Waals surface area contributed by atoms with E-state index in [1.807, 2.05) is 50.2 Å². The van der Waals surface area contributed by atoms with E-state index in [-0.39, 0.29) is 33.0 Å². The molecule has 17 nitrogen and oxygen atoms in total. The summed E-state index contributed by atoms with van der Waals surface area (Å²) in [5, 5.41) is 21.6. The molecule has 3 rings (SSSR count). The molecule has 0 radical (unpaired) electrons. The van der Waals surface area contributed by atoms with Gasteiger partial charge in [0.2, 0.25) is 40.7 Å². The number of benzene rings is 1. The first-order chi connectivity index (χ1) is 30.5. The Morgan fingerprint density at radius 1 is 0.641 bits per heavy atom. The van der Waals surface area contributed by atoms with E-state index < -0.39 is 89.7 Å². The Hall–Kier alpha value is -5.55. The summed E-state index contributed by atoms with van der Waals surface area (Å²) < 4.78 is 100. The summed E-state index contributed by atoms with van der Waals surface area (Å²) in [7, 11) is 0. The molecule has 3 aromatic rings. The largest absolute Gasteiger partial charge is 0.508 e. The SMILES string of the molecule is CCCOCCOC(=O)OCC(C)(CO)C(=O)NCCc1ccccn1.CCCOCCOC(=O)OCC(C)(CO)C(=O)Oc1c(F)c(F)c(F)c(F)c1F.NCCc1ccccn1. The fourth-order valence-corrected chi connectivity index (χ4v) is 4.38. The van der Waals surface area contributed by atoms with Crippen LogP contribution in [0.15, 0.2) is 48.8 Å². The molecule has 1 aromatic carbocycles. The van der Waals surface area contributed by atoms with Gasteiger partial charge in [-0.3, -0.25) is 19.6 Å². The van der Waals surface area contributed by atoms with E-state index in [0.717, 1.165) is 37.6 Å². The van der Waals surface area contributed by atoms with Gasteiger partial charge in [0.1, 0.15) is 37.3 Å². The fourth-order valence-electron chi connectivity index (χ4n) is 4.38. The van der Waals surface area contributed by atoms with Gasteiger partial charge < -0.3 is 54.4 Å². The standard InChI is InChI=1S/C18H28N2O6.C17H19F5O7.C7H10N2/c1-3-10-24-11-12-25-17(23)26-14-18(2,13-21)16(22)20-9-7-15-6-4-5-8-19-15;1-3-4-26-5-6-27-16(25)28-8-17(2,7-23)15(24)29-14-12(21)10(19)9(18)11(20)13(14)22;8-5-4-7-3-1-2-6-9-7/h4-6,8,21H,3,7,9-14H2,1-2H3,(H,20,22);23H,3-8H2,1-2H3;1-3,6H,4-5,8H2. The lowest BCUT2D eigenvalue weighted by Gasteiger charge is -2.25. The van der Waals surface area contributed by atoms with E-state index in [1.165, 1.54) is 6.92 Å². The molecule has 0 spiro atoms. The number of carbonyl (C=O) groups excluding carboxylic acids is 4. The Kier molecular flexibility index (Phi) is 27.6. The van der Waals surface area contributed by atoms with Crippen LogP contribution in [0.3, 0.4) is 0 Å². The summed E-state index contributed by atoms with van der Waals surface area (Å²) >= 11 is 0. The van der Waals surface area contributed by atoms with Crippen molar-refractivity contribution in [2.45, 2.75) is 53.4 Å². The second-order valence-corrected chi connectivity index (χ2v) is 13.9. The van der Waals surface area contributed by atoms with Crippen molar-refractivity contribution in [1.82, 2.24) is 15.3 Å². The molecular formula is C42H57F5N4O13. The minimum Gasteiger partial charge on any atom is -0.433 e. The van der Waals surface area contributed by atoms with Gasteiger partial charge in [0.25, 0.3) is 0 Å². The highest BCUT2D eigenvalue weighted by atomic mass is 19.2. The number of aliphatic hydroxyl groups is 2. The Bertz CT molecular complexity index is 1810. The van der Waals surface area contributed by atoms with E-state index in [0.29, 0.717) is 32.7 Å². The number of aliphatic hydroxyl groups excluding tert-OH is 2. The molecule has 2 heterocycles. The third-order valence-corrected chi connectivity index (χ3v) is 8.23. The number of aromatic nitrogens is 2. The predicted octanol–water partition coefficient (Wildman–Crippen LogP) is 4.77. The summed E-state index contributed by atoms with van der Waals surface area (Å²) in [5.74, 6) is -15.7. The minimum absolute atomic E-state index is 0.0743. The van der Waals surface area contributed by atoms with Crippen LogP contribution in [0.25, 0.3) is 0 Å². The van der Waals surface area contributed by atoms with Crippen molar-refractivity contribution in [2.75, 3.05) is 79.2 Å². The van der Waals surface area contributed by atoms with Crippen LogP contribution in [0.5, 0.6) is 5.75 Å². The minimum atomic E-state index is -2.43. The number of ether oxygens (including phenoxy) is 7. The molecule has 0 aliphatic carbocycles. The molecule has 0 aliphatic rings. The second kappa shape index (κ2) is 31.3. The topological polar surface area (TPSA) is 237 Å². The lowest BCUT2D eigenvalue weighted by Crippen LogP contribution is -2.45. The normalized spacial score (nSPS) is 12.4. The number of nitrogens with zero attached hydrogens (tertiary/aromatic N) is 2. The number of carbonyl (C=O) groups is 4. The molecule has 0 aliphatic heterocycles. The molecule has 2 unspecified atom stereocenters. The summed E-state index contributed by atoms with van der Waals surface area (Å²) in [6.45, 7) is 6.04. The number of esters is 1. The van der Waals surface area contributed by atoms with Crippen molar-refractivity contribution < 1.29 is 84.5 Å². The highest BCUT2D eigenvalue weighted by Crippen LogP contribution is 2.31. The Balaban J connectivity index is 0.000000536. The van der Waals surface area contributed by atoms with Crippen molar-refractivity contribution in [3.05, 3.63) is 89.3 Å². The monoisotopic (exact) mass is 920 g/mol. The zero-order valence-corrected chi connectivity index (χ0v) is 36.2. The van der Waals surface area contributed by atoms with E-state index >= 15 is 0 Å². The number of amides is 1. The van der Waals surface area contributed by atoms with Gasteiger partial charge in [0.15, 0.2) is 0 Å². The van der Waals surface area contributed by atoms with Crippen molar-refractivity contribution in [2.24, 2.45) is 16.6 Å². The molecule has 64 heavy (non-hydrogen) atoms. The zero-order chi connectivity index (χ0) is 48.0. The quantitative estimate of drug-likeness (QED) is 0.0237. The lowest BCUT2D eigenvalue weighted by molar-refractivity contribution is -0.151. The molecule has 5 N–H and O–H groups in total. The van der Waals surface area contributed by atoms with Crippen LogP contribution in [0.4, 0.5) is 31.5 Å². The second-order valence-electron chi connectivity index (χ2n) is 13.9. The maximum Gasteiger partial charge on any atom is 0.508 e. The van der Waals surface area contributed by atoms with Crippen molar-refractivity contribution in [1.29, 1.82) is 0 Å². The zero-order valence-electron chi connectivity index (χ0n) is 36.2. The van der Waals surface area contributed by atoms with Crippen LogP contribution in [0.1, 0.15) is 51.9 Å². The van der Waals surface area contributed by atoms with E-state index in [9.17, 15) is 51.3 Å². The van der Waals surface area contributed by atoms with Crippen LogP contribution in [0, 0.1) is 39.9 Å². The van der Waals surface area contributed by atoms with Gasteiger partial charge in [0, 0.05) is 56.4 Å². The number of rotatable bonds is 24. The Labute approximate surface area is 367 Å². The van der Waals surface area contributed by atoms with Crippen molar-refractivity contribution in [3.8, 4) is 5.75 Å². The third-order valence-electron chi connectivity index (χ3n) is 8.23. The number of nitrogens with one attached hydrogen (secondary N) is 1. The van der Waals surface area contributed by atoms with Crippen molar-refractivity contribution in [3.63, 3.8) is 0 Å². The molecule has 22 heteroatoms. The summed E-state index contributed by atoms with van der Waals surface area (Å²) in [5.41, 5.74) is 3.91. The first-order valence-electron chi connectivity index (χ1n) is 20.0. The van der Waals surface area contributed by atoms with Crippen molar-refractivity contribution >= 4 is 24.2 Å². The highest BCUT2D eigenvalue weighted by Gasteiger charge is 2.39.